The van der Waals surface area contributed by atoms with Gasteiger partial charge in [-0.25, -0.2) is 0 Å². The first-order valence-corrected chi connectivity index (χ1v) is 4.00. The molecule has 1 N–H and O–H groups in total. The Morgan fingerprint density at radius 1 is 1.25 bits per heavy atom. The average molecular weight is 162 g/mol. The first-order valence-electron chi connectivity index (χ1n) is 4.00. The van der Waals surface area contributed by atoms with Crippen molar-refractivity contribution in [3.05, 3.63) is 34.9 Å². The maximum Gasteiger partial charge on any atom is 0.121 e. The Kier molecular flexibility index (Phi) is 2.22. The van der Waals surface area contributed by atoms with E-state index in [9.17, 15) is 5.11 Å². The van der Waals surface area contributed by atoms with Gasteiger partial charge in [0.15, 0.2) is 0 Å². The summed E-state index contributed by atoms with van der Waals surface area (Å²) < 4.78 is 0. The minimum atomic E-state index is 0.401. The number of benzene rings is 1. The van der Waals surface area contributed by atoms with Crippen LogP contribution in [0.2, 0.25) is 0 Å². The molecule has 0 aliphatic rings. The van der Waals surface area contributed by atoms with Gasteiger partial charge in [0.25, 0.3) is 0 Å². The van der Waals surface area contributed by atoms with E-state index in [4.69, 9.17) is 0 Å². The molecule has 0 amide bonds. The predicted molar refractivity (Wildman–Crippen MR) is 52.4 cm³/mol. The normalized spacial score (nSPS) is 9.92. The molecule has 0 aliphatic heterocycles. The van der Waals surface area contributed by atoms with Crippen molar-refractivity contribution in [1.82, 2.24) is 0 Å². The minimum absolute atomic E-state index is 0.401. The van der Waals surface area contributed by atoms with Gasteiger partial charge in [0.2, 0.25) is 0 Å². The largest absolute Gasteiger partial charge is 0.507 e. The molecule has 1 rings (SSSR count). The van der Waals surface area contributed by atoms with E-state index in [1.807, 2.05) is 32.9 Å². The lowest BCUT2D eigenvalue weighted by atomic mass is 9.99. The lowest BCUT2D eigenvalue weighted by molar-refractivity contribution is 0.466. The number of hydrogen-bond donors (Lipinski definition) is 1. The molecule has 0 radical (unpaired) electrons. The second kappa shape index (κ2) is 3.02. The minimum Gasteiger partial charge on any atom is -0.507 e. The van der Waals surface area contributed by atoms with Crippen molar-refractivity contribution < 1.29 is 5.11 Å². The number of phenols is 1. The van der Waals surface area contributed by atoms with Gasteiger partial charge in [0.05, 0.1) is 0 Å². The van der Waals surface area contributed by atoms with Gasteiger partial charge in [0.1, 0.15) is 5.75 Å². The Labute approximate surface area is 73.4 Å². The Bertz CT molecular complexity index is 324. The van der Waals surface area contributed by atoms with Gasteiger partial charge in [0, 0.05) is 0 Å². The quantitative estimate of drug-likeness (QED) is 0.673. The molecular formula is C11H14O. The predicted octanol–water partition coefficient (Wildman–Crippen LogP) is 2.96. The van der Waals surface area contributed by atoms with Crippen molar-refractivity contribution in [2.24, 2.45) is 0 Å². The van der Waals surface area contributed by atoms with Gasteiger partial charge >= 0.3 is 0 Å². The highest BCUT2D eigenvalue weighted by Gasteiger charge is 2.06. The summed E-state index contributed by atoms with van der Waals surface area (Å²) in [7, 11) is 0. The lowest BCUT2D eigenvalue weighted by Crippen LogP contribution is -1.89. The lowest BCUT2D eigenvalue weighted by Gasteiger charge is -2.09. The van der Waals surface area contributed by atoms with Crippen molar-refractivity contribution in [3.63, 3.8) is 0 Å². The fraction of sp³-hybridized carbons (Fsp3) is 0.273. The Balaban J connectivity index is 3.49. The molecule has 0 spiro atoms. The van der Waals surface area contributed by atoms with Gasteiger partial charge in [-0.15, -0.1) is 0 Å². The van der Waals surface area contributed by atoms with Crippen molar-refractivity contribution >= 4 is 6.08 Å². The number of aryl methyl sites for hydroxylation is 1. The number of hydrogen-bond acceptors (Lipinski definition) is 1. The Morgan fingerprint density at radius 2 is 1.83 bits per heavy atom. The van der Waals surface area contributed by atoms with E-state index < -0.39 is 0 Å². The van der Waals surface area contributed by atoms with Crippen LogP contribution in [-0.2, 0) is 0 Å². The highest BCUT2D eigenvalue weighted by molar-refractivity contribution is 5.59. The second-order valence-electron chi connectivity index (χ2n) is 3.09. The Hall–Kier alpha value is -1.24. The van der Waals surface area contributed by atoms with Crippen LogP contribution in [0.3, 0.4) is 0 Å². The standard InChI is InChI=1S/C11H14O/c1-5-10-6-7(2)11(12)9(4)8(10)3/h5-6,12H,1H2,2-4H3. The molecule has 0 saturated carbocycles. The fourth-order valence-electron chi connectivity index (χ4n) is 1.31. The van der Waals surface area contributed by atoms with Gasteiger partial charge in [-0.3, -0.25) is 0 Å². The van der Waals surface area contributed by atoms with Crippen LogP contribution in [0.4, 0.5) is 0 Å². The molecule has 0 aromatic heterocycles. The third-order valence-corrected chi connectivity index (χ3v) is 2.32. The van der Waals surface area contributed by atoms with Gasteiger partial charge in [-0.2, -0.15) is 0 Å². The monoisotopic (exact) mass is 162 g/mol. The molecular weight excluding hydrogens is 148 g/mol. The zero-order chi connectivity index (χ0) is 9.30. The van der Waals surface area contributed by atoms with Gasteiger partial charge in [-0.05, 0) is 49.1 Å². The highest BCUT2D eigenvalue weighted by Crippen LogP contribution is 2.27. The molecule has 0 saturated heterocycles. The fourth-order valence-corrected chi connectivity index (χ4v) is 1.31. The molecule has 64 valence electrons. The van der Waals surface area contributed by atoms with Crippen LogP contribution in [0.15, 0.2) is 12.6 Å². The molecule has 0 unspecified atom stereocenters. The molecule has 1 nitrogen and oxygen atoms in total. The summed E-state index contributed by atoms with van der Waals surface area (Å²) in [6.07, 6.45) is 1.81. The molecule has 0 bridgehead atoms. The molecule has 0 aliphatic carbocycles. The maximum absolute atomic E-state index is 9.57. The highest BCUT2D eigenvalue weighted by atomic mass is 16.3. The molecule has 1 aromatic rings. The molecule has 1 aromatic carbocycles. The smallest absolute Gasteiger partial charge is 0.121 e. The molecule has 1 heteroatoms. The summed E-state index contributed by atoms with van der Waals surface area (Å²) in [6, 6.07) is 1.95. The summed E-state index contributed by atoms with van der Waals surface area (Å²) in [5.41, 5.74) is 4.06. The van der Waals surface area contributed by atoms with Crippen LogP contribution in [-0.4, -0.2) is 5.11 Å². The van der Waals surface area contributed by atoms with E-state index >= 15 is 0 Å². The maximum atomic E-state index is 9.57. The molecule has 0 heterocycles. The zero-order valence-corrected chi connectivity index (χ0v) is 7.81. The van der Waals surface area contributed by atoms with E-state index in [0.717, 1.165) is 22.3 Å². The van der Waals surface area contributed by atoms with Crippen LogP contribution >= 0.6 is 0 Å². The zero-order valence-electron chi connectivity index (χ0n) is 7.81. The van der Waals surface area contributed by atoms with Crippen molar-refractivity contribution in [2.45, 2.75) is 20.8 Å². The summed E-state index contributed by atoms with van der Waals surface area (Å²) in [4.78, 5) is 0. The van der Waals surface area contributed by atoms with Crippen LogP contribution < -0.4 is 0 Å². The SMILES string of the molecule is C=Cc1cc(C)c(O)c(C)c1C. The van der Waals surface area contributed by atoms with Crippen molar-refractivity contribution in [2.75, 3.05) is 0 Å². The topological polar surface area (TPSA) is 20.2 Å². The van der Waals surface area contributed by atoms with E-state index in [1.165, 1.54) is 0 Å². The summed E-state index contributed by atoms with van der Waals surface area (Å²) in [5.74, 6) is 0.401. The molecule has 0 atom stereocenters. The van der Waals surface area contributed by atoms with Crippen LogP contribution in [0.25, 0.3) is 6.08 Å². The third-order valence-electron chi connectivity index (χ3n) is 2.32. The first-order chi connectivity index (χ1) is 5.57. The first kappa shape index (κ1) is 8.85. The third kappa shape index (κ3) is 1.22. The van der Waals surface area contributed by atoms with Crippen molar-refractivity contribution in [3.8, 4) is 5.75 Å². The van der Waals surface area contributed by atoms with Gasteiger partial charge < -0.3 is 5.11 Å². The van der Waals surface area contributed by atoms with E-state index in [2.05, 4.69) is 6.58 Å². The molecule has 0 fully saturated rings. The van der Waals surface area contributed by atoms with Crippen LogP contribution in [0.1, 0.15) is 22.3 Å². The molecule has 12 heavy (non-hydrogen) atoms. The van der Waals surface area contributed by atoms with E-state index in [-0.39, 0.29) is 0 Å². The number of aromatic hydroxyl groups is 1. The van der Waals surface area contributed by atoms with Crippen molar-refractivity contribution in [1.29, 1.82) is 0 Å². The summed E-state index contributed by atoms with van der Waals surface area (Å²) >= 11 is 0. The van der Waals surface area contributed by atoms with E-state index in [1.54, 1.807) is 0 Å². The summed E-state index contributed by atoms with van der Waals surface area (Å²) in [6.45, 7) is 9.53. The van der Waals surface area contributed by atoms with Gasteiger partial charge in [-0.1, -0.05) is 12.7 Å². The number of rotatable bonds is 1. The Morgan fingerprint density at radius 3 is 2.33 bits per heavy atom. The van der Waals surface area contributed by atoms with Crippen LogP contribution in [0, 0.1) is 20.8 Å². The van der Waals surface area contributed by atoms with Crippen LogP contribution in [0.5, 0.6) is 5.75 Å². The summed E-state index contributed by atoms with van der Waals surface area (Å²) in [5, 5.41) is 9.57. The average Bonchev–Trinajstić information content (AvgIpc) is 2.08. The number of phenolic OH excluding ortho intramolecular Hbond substituents is 1. The van der Waals surface area contributed by atoms with E-state index in [0.29, 0.717) is 5.75 Å². The second-order valence-corrected chi connectivity index (χ2v) is 3.09.